The Bertz CT molecular complexity index is 132. The fraction of sp³-hybridized carbons (Fsp3) is 0.778. The van der Waals surface area contributed by atoms with E-state index < -0.39 is 0 Å². The number of nitrogens with one attached hydrogen (secondary N) is 1. The van der Waals surface area contributed by atoms with E-state index in [-0.39, 0.29) is 12.3 Å². The van der Waals surface area contributed by atoms with E-state index in [9.17, 15) is 0 Å². The molecular formula is C9H19NO2. The van der Waals surface area contributed by atoms with Crippen LogP contribution in [0.1, 0.15) is 13.8 Å². The average molecular weight is 173 g/mol. The highest BCUT2D eigenvalue weighted by atomic mass is 16.7. The van der Waals surface area contributed by atoms with Crippen LogP contribution in [-0.4, -0.2) is 33.1 Å². The van der Waals surface area contributed by atoms with Crippen LogP contribution in [0.4, 0.5) is 0 Å². The van der Waals surface area contributed by atoms with E-state index >= 15 is 0 Å². The Morgan fingerprint density at radius 1 is 1.42 bits per heavy atom. The van der Waals surface area contributed by atoms with Gasteiger partial charge in [0.1, 0.15) is 0 Å². The minimum atomic E-state index is -0.190. The van der Waals surface area contributed by atoms with E-state index in [0.29, 0.717) is 0 Å². The maximum atomic E-state index is 5.08. The van der Waals surface area contributed by atoms with Crippen LogP contribution in [0.15, 0.2) is 12.2 Å². The van der Waals surface area contributed by atoms with Crippen LogP contribution in [0.2, 0.25) is 0 Å². The molecule has 0 aromatic carbocycles. The summed E-state index contributed by atoms with van der Waals surface area (Å²) in [4.78, 5) is 0. The van der Waals surface area contributed by atoms with Gasteiger partial charge in [0.25, 0.3) is 0 Å². The van der Waals surface area contributed by atoms with Gasteiger partial charge in [-0.2, -0.15) is 0 Å². The Labute approximate surface area is 74.7 Å². The van der Waals surface area contributed by atoms with Crippen molar-refractivity contribution in [2.24, 2.45) is 0 Å². The molecule has 0 aliphatic heterocycles. The normalized spacial score (nSPS) is 13.4. The van der Waals surface area contributed by atoms with E-state index in [1.54, 1.807) is 14.2 Å². The number of ether oxygens (including phenoxy) is 2. The molecule has 0 aromatic rings. The molecule has 0 heterocycles. The van der Waals surface area contributed by atoms with Crippen molar-refractivity contribution in [1.82, 2.24) is 5.32 Å². The monoisotopic (exact) mass is 173 g/mol. The number of hydrogen-bond acceptors (Lipinski definition) is 3. The Morgan fingerprint density at radius 3 is 2.25 bits per heavy atom. The average Bonchev–Trinajstić information content (AvgIpc) is 2.03. The Hall–Kier alpha value is -0.380. The summed E-state index contributed by atoms with van der Waals surface area (Å²) < 4.78 is 10.2. The lowest BCUT2D eigenvalue weighted by Gasteiger charge is -2.22. The molecule has 1 unspecified atom stereocenters. The van der Waals surface area contributed by atoms with Gasteiger partial charge in [-0.05, 0) is 13.8 Å². The van der Waals surface area contributed by atoms with Crippen molar-refractivity contribution in [3.63, 3.8) is 0 Å². The molecule has 0 aromatic heterocycles. The summed E-state index contributed by atoms with van der Waals surface area (Å²) in [5, 5.41) is 3.23. The molecule has 0 rings (SSSR count). The van der Waals surface area contributed by atoms with Crippen molar-refractivity contribution in [2.45, 2.75) is 26.2 Å². The van der Waals surface area contributed by atoms with Gasteiger partial charge in [-0.1, -0.05) is 12.2 Å². The van der Waals surface area contributed by atoms with Gasteiger partial charge < -0.3 is 14.8 Å². The van der Waals surface area contributed by atoms with Crippen molar-refractivity contribution in [1.29, 1.82) is 0 Å². The van der Waals surface area contributed by atoms with E-state index in [2.05, 4.69) is 11.9 Å². The van der Waals surface area contributed by atoms with Gasteiger partial charge in [-0.3, -0.25) is 0 Å². The van der Waals surface area contributed by atoms with Gasteiger partial charge in [-0.15, -0.1) is 0 Å². The zero-order valence-electron chi connectivity index (χ0n) is 8.39. The first-order valence-corrected chi connectivity index (χ1v) is 4.05. The van der Waals surface area contributed by atoms with Gasteiger partial charge in [-0.25, -0.2) is 0 Å². The van der Waals surface area contributed by atoms with Crippen LogP contribution in [0.25, 0.3) is 0 Å². The molecule has 72 valence electrons. The summed E-state index contributed by atoms with van der Waals surface area (Å²) in [5.74, 6) is 0. The third kappa shape index (κ3) is 4.49. The fourth-order valence-corrected chi connectivity index (χ4v) is 0.936. The molecule has 0 aliphatic carbocycles. The zero-order valence-corrected chi connectivity index (χ0v) is 8.39. The molecule has 0 amide bonds. The summed E-state index contributed by atoms with van der Waals surface area (Å²) in [6.07, 6.45) is -0.190. The number of methoxy groups -OCH3 is 2. The fourth-order valence-electron chi connectivity index (χ4n) is 0.936. The number of hydrogen-bond donors (Lipinski definition) is 1. The van der Waals surface area contributed by atoms with Crippen molar-refractivity contribution in [3.8, 4) is 0 Å². The topological polar surface area (TPSA) is 30.5 Å². The van der Waals surface area contributed by atoms with Gasteiger partial charge in [0.05, 0.1) is 6.04 Å². The molecular weight excluding hydrogens is 154 g/mol. The zero-order chi connectivity index (χ0) is 9.56. The molecule has 0 aliphatic rings. The van der Waals surface area contributed by atoms with E-state index in [4.69, 9.17) is 9.47 Å². The summed E-state index contributed by atoms with van der Waals surface area (Å²) in [7, 11) is 3.26. The largest absolute Gasteiger partial charge is 0.354 e. The minimum Gasteiger partial charge on any atom is -0.354 e. The highest BCUT2D eigenvalue weighted by molar-refractivity contribution is 4.91. The standard InChI is InChI=1S/C9H19NO2/c1-7(2)6-10-8(3)9(11-4)12-5/h8-10H,1,6H2,2-5H3. The van der Waals surface area contributed by atoms with E-state index in [0.717, 1.165) is 12.1 Å². The summed E-state index contributed by atoms with van der Waals surface area (Å²) in [6, 6.07) is 0.177. The van der Waals surface area contributed by atoms with Crippen molar-refractivity contribution < 1.29 is 9.47 Å². The lowest BCUT2D eigenvalue weighted by Crippen LogP contribution is -2.40. The molecule has 0 radical (unpaired) electrons. The first-order valence-electron chi connectivity index (χ1n) is 4.05. The van der Waals surface area contributed by atoms with E-state index in [1.807, 2.05) is 13.8 Å². The van der Waals surface area contributed by atoms with Crippen LogP contribution >= 0.6 is 0 Å². The molecule has 0 saturated carbocycles. The highest BCUT2D eigenvalue weighted by Gasteiger charge is 2.13. The molecule has 0 saturated heterocycles. The second-order valence-corrected chi connectivity index (χ2v) is 2.97. The van der Waals surface area contributed by atoms with Gasteiger partial charge in [0.2, 0.25) is 0 Å². The first-order chi connectivity index (χ1) is 5.61. The molecule has 3 nitrogen and oxygen atoms in total. The van der Waals surface area contributed by atoms with Gasteiger partial charge >= 0.3 is 0 Å². The van der Waals surface area contributed by atoms with Gasteiger partial charge in [0.15, 0.2) is 6.29 Å². The van der Waals surface area contributed by atoms with Crippen LogP contribution in [0.5, 0.6) is 0 Å². The summed E-state index contributed by atoms with van der Waals surface area (Å²) in [6.45, 7) is 8.58. The molecule has 1 atom stereocenters. The van der Waals surface area contributed by atoms with Crippen molar-refractivity contribution in [2.75, 3.05) is 20.8 Å². The lowest BCUT2D eigenvalue weighted by molar-refractivity contribution is -0.118. The third-order valence-electron chi connectivity index (χ3n) is 1.60. The number of rotatable bonds is 6. The van der Waals surface area contributed by atoms with Crippen LogP contribution < -0.4 is 5.32 Å². The molecule has 3 heteroatoms. The van der Waals surface area contributed by atoms with Crippen LogP contribution in [-0.2, 0) is 9.47 Å². The SMILES string of the molecule is C=C(C)CNC(C)C(OC)OC. The Kier molecular flexibility index (Phi) is 5.98. The van der Waals surface area contributed by atoms with Crippen molar-refractivity contribution >= 4 is 0 Å². The Morgan fingerprint density at radius 2 is 1.92 bits per heavy atom. The second-order valence-electron chi connectivity index (χ2n) is 2.97. The maximum Gasteiger partial charge on any atom is 0.171 e. The quantitative estimate of drug-likeness (QED) is 0.483. The third-order valence-corrected chi connectivity index (χ3v) is 1.60. The molecule has 0 spiro atoms. The highest BCUT2D eigenvalue weighted by Crippen LogP contribution is 1.98. The lowest BCUT2D eigenvalue weighted by atomic mass is 10.3. The van der Waals surface area contributed by atoms with E-state index in [1.165, 1.54) is 0 Å². The maximum absolute atomic E-state index is 5.08. The van der Waals surface area contributed by atoms with Gasteiger partial charge in [0, 0.05) is 20.8 Å². The second kappa shape index (κ2) is 6.17. The smallest absolute Gasteiger partial charge is 0.171 e. The molecule has 0 fully saturated rings. The van der Waals surface area contributed by atoms with Crippen LogP contribution in [0.3, 0.4) is 0 Å². The van der Waals surface area contributed by atoms with Crippen LogP contribution in [0, 0.1) is 0 Å². The predicted molar refractivity (Wildman–Crippen MR) is 50.1 cm³/mol. The molecule has 0 bridgehead atoms. The summed E-state index contributed by atoms with van der Waals surface area (Å²) in [5.41, 5.74) is 1.10. The predicted octanol–water partition coefficient (Wildman–Crippen LogP) is 1.16. The first kappa shape index (κ1) is 11.6. The van der Waals surface area contributed by atoms with Crippen molar-refractivity contribution in [3.05, 3.63) is 12.2 Å². The minimum absolute atomic E-state index is 0.177. The molecule has 1 N–H and O–H groups in total. The molecule has 12 heavy (non-hydrogen) atoms. The summed E-state index contributed by atoms with van der Waals surface area (Å²) >= 11 is 0. The Balaban J connectivity index is 3.68.